The van der Waals surface area contributed by atoms with Crippen molar-refractivity contribution in [2.75, 3.05) is 12.8 Å². The number of anilines is 1. The lowest BCUT2D eigenvalue weighted by Crippen LogP contribution is -2.13. The minimum atomic E-state index is -0.0323. The van der Waals surface area contributed by atoms with Crippen LogP contribution < -0.4 is 16.2 Å². The summed E-state index contributed by atoms with van der Waals surface area (Å²) >= 11 is 0. The second-order valence-electron chi connectivity index (χ2n) is 2.37. The zero-order valence-corrected chi connectivity index (χ0v) is 6.79. The molecule has 5 N–H and O–H groups in total. The molecule has 0 amide bonds. The molecule has 12 heavy (non-hydrogen) atoms. The first-order valence-corrected chi connectivity index (χ1v) is 3.43. The number of rotatable bonds is 2. The molecule has 1 aromatic rings. The van der Waals surface area contributed by atoms with E-state index in [1.165, 1.54) is 0 Å². The Hall–Kier alpha value is -1.71. The maximum absolute atomic E-state index is 7.16. The highest BCUT2D eigenvalue weighted by atomic mass is 16.5. The molecule has 0 aliphatic carbocycles. The second-order valence-corrected chi connectivity index (χ2v) is 2.37. The van der Waals surface area contributed by atoms with Gasteiger partial charge >= 0.3 is 0 Å². The van der Waals surface area contributed by atoms with Gasteiger partial charge in [0.1, 0.15) is 11.6 Å². The third-order valence-electron chi connectivity index (χ3n) is 1.55. The van der Waals surface area contributed by atoms with E-state index in [0.29, 0.717) is 17.0 Å². The van der Waals surface area contributed by atoms with Crippen LogP contribution in [-0.4, -0.2) is 12.9 Å². The Bertz CT molecular complexity index is 309. The summed E-state index contributed by atoms with van der Waals surface area (Å²) in [4.78, 5) is 0. The molecule has 0 aliphatic rings. The minimum Gasteiger partial charge on any atom is -0.497 e. The van der Waals surface area contributed by atoms with Crippen molar-refractivity contribution in [3.63, 3.8) is 0 Å². The highest BCUT2D eigenvalue weighted by Gasteiger charge is 2.02. The molecule has 0 fully saturated rings. The van der Waals surface area contributed by atoms with Gasteiger partial charge in [-0.1, -0.05) is 0 Å². The maximum Gasteiger partial charge on any atom is 0.124 e. The first-order valence-electron chi connectivity index (χ1n) is 3.43. The van der Waals surface area contributed by atoms with Crippen molar-refractivity contribution < 1.29 is 4.74 Å². The summed E-state index contributed by atoms with van der Waals surface area (Å²) in [6.07, 6.45) is 0. The van der Waals surface area contributed by atoms with Crippen molar-refractivity contribution >= 4 is 11.5 Å². The van der Waals surface area contributed by atoms with Gasteiger partial charge in [-0.25, -0.2) is 0 Å². The first kappa shape index (κ1) is 8.39. The zero-order valence-electron chi connectivity index (χ0n) is 6.79. The molecule has 0 saturated carbocycles. The highest BCUT2D eigenvalue weighted by molar-refractivity contribution is 5.99. The monoisotopic (exact) mass is 165 g/mol. The van der Waals surface area contributed by atoms with E-state index < -0.39 is 0 Å². The molecule has 0 atom stereocenters. The number of benzene rings is 1. The van der Waals surface area contributed by atoms with E-state index in [2.05, 4.69) is 0 Å². The molecular formula is C8H11N3O. The Morgan fingerprint density at radius 2 is 2.17 bits per heavy atom. The summed E-state index contributed by atoms with van der Waals surface area (Å²) in [6.45, 7) is 0. The van der Waals surface area contributed by atoms with E-state index in [0.717, 1.165) is 0 Å². The molecule has 4 nitrogen and oxygen atoms in total. The van der Waals surface area contributed by atoms with E-state index in [1.54, 1.807) is 25.3 Å². The van der Waals surface area contributed by atoms with Gasteiger partial charge in [0.25, 0.3) is 0 Å². The Balaban J connectivity index is 3.12. The van der Waals surface area contributed by atoms with Crippen LogP contribution in [0.5, 0.6) is 5.75 Å². The smallest absolute Gasteiger partial charge is 0.124 e. The highest BCUT2D eigenvalue weighted by Crippen LogP contribution is 2.18. The largest absolute Gasteiger partial charge is 0.497 e. The molecule has 0 unspecified atom stereocenters. The number of amidine groups is 1. The number of ether oxygens (including phenoxy) is 1. The van der Waals surface area contributed by atoms with Gasteiger partial charge in [0.05, 0.1) is 7.11 Å². The van der Waals surface area contributed by atoms with Gasteiger partial charge < -0.3 is 16.2 Å². The summed E-state index contributed by atoms with van der Waals surface area (Å²) in [7, 11) is 1.56. The Morgan fingerprint density at radius 3 is 2.58 bits per heavy atom. The molecule has 0 aromatic heterocycles. The lowest BCUT2D eigenvalue weighted by atomic mass is 10.1. The fourth-order valence-electron chi connectivity index (χ4n) is 0.913. The van der Waals surface area contributed by atoms with Gasteiger partial charge in [-0.3, -0.25) is 5.41 Å². The Kier molecular flexibility index (Phi) is 2.19. The molecule has 0 aliphatic heterocycles. The van der Waals surface area contributed by atoms with Crippen molar-refractivity contribution in [2.45, 2.75) is 0 Å². The van der Waals surface area contributed by atoms with Crippen molar-refractivity contribution in [3.05, 3.63) is 23.8 Å². The topological polar surface area (TPSA) is 85.1 Å². The molecule has 0 heterocycles. The lowest BCUT2D eigenvalue weighted by molar-refractivity contribution is 0.415. The van der Waals surface area contributed by atoms with Crippen LogP contribution in [0.4, 0.5) is 5.69 Å². The van der Waals surface area contributed by atoms with Crippen LogP contribution in [-0.2, 0) is 0 Å². The number of methoxy groups -OCH3 is 1. The van der Waals surface area contributed by atoms with Crippen LogP contribution in [0, 0.1) is 5.41 Å². The molecule has 0 radical (unpaired) electrons. The third kappa shape index (κ3) is 1.47. The van der Waals surface area contributed by atoms with Gasteiger partial charge in [-0.15, -0.1) is 0 Å². The predicted molar refractivity (Wildman–Crippen MR) is 48.4 cm³/mol. The minimum absolute atomic E-state index is 0.0323. The molecule has 1 rings (SSSR count). The van der Waals surface area contributed by atoms with Crippen molar-refractivity contribution in [3.8, 4) is 5.75 Å². The van der Waals surface area contributed by atoms with Gasteiger partial charge in [0, 0.05) is 17.3 Å². The van der Waals surface area contributed by atoms with E-state index in [4.69, 9.17) is 21.6 Å². The van der Waals surface area contributed by atoms with E-state index >= 15 is 0 Å². The molecule has 64 valence electrons. The van der Waals surface area contributed by atoms with Crippen LogP contribution in [0.15, 0.2) is 18.2 Å². The first-order chi connectivity index (χ1) is 5.65. The van der Waals surface area contributed by atoms with E-state index in [9.17, 15) is 0 Å². The SMILES string of the molecule is COc1ccc(C(=N)N)c(N)c1. The molecular weight excluding hydrogens is 154 g/mol. The van der Waals surface area contributed by atoms with Crippen LogP contribution >= 0.6 is 0 Å². The normalized spacial score (nSPS) is 9.42. The number of hydrogen-bond acceptors (Lipinski definition) is 3. The maximum atomic E-state index is 7.16. The van der Waals surface area contributed by atoms with Crippen molar-refractivity contribution in [1.82, 2.24) is 0 Å². The summed E-state index contributed by atoms with van der Waals surface area (Å²) in [5.41, 5.74) is 11.9. The number of nitrogens with one attached hydrogen (secondary N) is 1. The van der Waals surface area contributed by atoms with E-state index in [-0.39, 0.29) is 5.84 Å². The van der Waals surface area contributed by atoms with Gasteiger partial charge in [0.2, 0.25) is 0 Å². The number of nitrogens with two attached hydrogens (primary N) is 2. The molecule has 1 aromatic carbocycles. The van der Waals surface area contributed by atoms with Crippen molar-refractivity contribution in [2.24, 2.45) is 5.73 Å². The second kappa shape index (κ2) is 3.13. The summed E-state index contributed by atoms with van der Waals surface area (Å²) in [5, 5.41) is 7.16. The fourth-order valence-corrected chi connectivity index (χ4v) is 0.913. The molecule has 0 saturated heterocycles. The van der Waals surface area contributed by atoms with Gasteiger partial charge in [-0.05, 0) is 12.1 Å². The van der Waals surface area contributed by atoms with Crippen LogP contribution in [0.1, 0.15) is 5.56 Å². The van der Waals surface area contributed by atoms with Crippen LogP contribution in [0.25, 0.3) is 0 Å². The molecule has 4 heteroatoms. The average molecular weight is 165 g/mol. The Morgan fingerprint density at radius 1 is 1.50 bits per heavy atom. The number of hydrogen-bond donors (Lipinski definition) is 3. The zero-order chi connectivity index (χ0) is 9.14. The van der Waals surface area contributed by atoms with Crippen molar-refractivity contribution in [1.29, 1.82) is 5.41 Å². The molecule has 0 spiro atoms. The summed E-state index contributed by atoms with van der Waals surface area (Å²) < 4.78 is 4.94. The van der Waals surface area contributed by atoms with Crippen LogP contribution in [0.3, 0.4) is 0 Å². The Labute approximate surface area is 70.6 Å². The van der Waals surface area contributed by atoms with Crippen LogP contribution in [0.2, 0.25) is 0 Å². The average Bonchev–Trinajstić information content (AvgIpc) is 2.03. The third-order valence-corrected chi connectivity index (χ3v) is 1.55. The predicted octanol–water partition coefficient (Wildman–Crippen LogP) is 0.561. The van der Waals surface area contributed by atoms with Gasteiger partial charge in [0.15, 0.2) is 0 Å². The summed E-state index contributed by atoms with van der Waals surface area (Å²) in [6, 6.07) is 5.01. The summed E-state index contributed by atoms with van der Waals surface area (Å²) in [5.74, 6) is 0.632. The lowest BCUT2D eigenvalue weighted by Gasteiger charge is -2.05. The van der Waals surface area contributed by atoms with Gasteiger partial charge in [-0.2, -0.15) is 0 Å². The molecule has 0 bridgehead atoms. The fraction of sp³-hybridized carbons (Fsp3) is 0.125. The standard InChI is InChI=1S/C8H11N3O/c1-12-5-2-3-6(8(10)11)7(9)4-5/h2-4H,9H2,1H3,(H3,10,11). The number of nitrogen functional groups attached to an aromatic ring is 2. The van der Waals surface area contributed by atoms with E-state index in [1.807, 2.05) is 0 Å². The quantitative estimate of drug-likeness (QED) is 0.340.